The Kier molecular flexibility index (Phi) is 4.28. The van der Waals surface area contributed by atoms with Crippen molar-refractivity contribution in [1.82, 2.24) is 10.3 Å². The van der Waals surface area contributed by atoms with Crippen LogP contribution in [0.5, 0.6) is 0 Å². The van der Waals surface area contributed by atoms with E-state index in [9.17, 15) is 14.7 Å². The summed E-state index contributed by atoms with van der Waals surface area (Å²) in [6.07, 6.45) is 4.40. The van der Waals surface area contributed by atoms with E-state index in [2.05, 4.69) is 10.3 Å². The predicted molar refractivity (Wildman–Crippen MR) is 74.7 cm³/mol. The van der Waals surface area contributed by atoms with E-state index in [-0.39, 0.29) is 11.6 Å². The highest BCUT2D eigenvalue weighted by Gasteiger charge is 2.46. The second-order valence-corrected chi connectivity index (χ2v) is 5.68. The standard InChI is InChI=1S/C14H17ClN2O3/c1-9-4-2-3-7-14(9,13(19)20)17-12(18)11-6-5-10(15)8-16-11/h5-6,8-9H,2-4,7H2,1H3,(H,17,18)(H,19,20). The van der Waals surface area contributed by atoms with Gasteiger partial charge in [0.15, 0.2) is 0 Å². The van der Waals surface area contributed by atoms with Crippen LogP contribution in [0.25, 0.3) is 0 Å². The van der Waals surface area contributed by atoms with Crippen molar-refractivity contribution in [3.63, 3.8) is 0 Å². The Morgan fingerprint density at radius 1 is 1.45 bits per heavy atom. The Balaban J connectivity index is 2.22. The second kappa shape index (κ2) is 5.79. The van der Waals surface area contributed by atoms with Crippen molar-refractivity contribution in [2.45, 2.75) is 38.1 Å². The van der Waals surface area contributed by atoms with Gasteiger partial charge in [-0.2, -0.15) is 0 Å². The van der Waals surface area contributed by atoms with E-state index in [1.54, 1.807) is 6.07 Å². The summed E-state index contributed by atoms with van der Waals surface area (Å²) < 4.78 is 0. The number of aliphatic carboxylic acids is 1. The number of carbonyl (C=O) groups excluding carboxylic acids is 1. The number of nitrogens with one attached hydrogen (secondary N) is 1. The molecule has 5 nitrogen and oxygen atoms in total. The molecular formula is C14H17ClN2O3. The van der Waals surface area contributed by atoms with Crippen molar-refractivity contribution in [3.05, 3.63) is 29.0 Å². The van der Waals surface area contributed by atoms with Crippen LogP contribution in [0.2, 0.25) is 5.02 Å². The van der Waals surface area contributed by atoms with Gasteiger partial charge in [-0.15, -0.1) is 0 Å². The zero-order valence-electron chi connectivity index (χ0n) is 11.2. The summed E-state index contributed by atoms with van der Waals surface area (Å²) in [7, 11) is 0. The molecule has 1 aromatic rings. The van der Waals surface area contributed by atoms with Crippen LogP contribution in [-0.2, 0) is 4.79 Å². The molecule has 20 heavy (non-hydrogen) atoms. The van der Waals surface area contributed by atoms with E-state index >= 15 is 0 Å². The third kappa shape index (κ3) is 2.77. The highest BCUT2D eigenvalue weighted by molar-refractivity contribution is 6.30. The van der Waals surface area contributed by atoms with Gasteiger partial charge in [-0.3, -0.25) is 4.79 Å². The van der Waals surface area contributed by atoms with E-state index in [4.69, 9.17) is 11.6 Å². The van der Waals surface area contributed by atoms with E-state index in [0.717, 1.165) is 19.3 Å². The molecule has 2 unspecified atom stereocenters. The SMILES string of the molecule is CC1CCCCC1(NC(=O)c1ccc(Cl)cn1)C(=O)O. The highest BCUT2D eigenvalue weighted by atomic mass is 35.5. The number of rotatable bonds is 3. The van der Waals surface area contributed by atoms with Gasteiger partial charge >= 0.3 is 5.97 Å². The fourth-order valence-corrected chi connectivity index (χ4v) is 2.79. The fourth-order valence-electron chi connectivity index (χ4n) is 2.68. The summed E-state index contributed by atoms with van der Waals surface area (Å²) in [5.41, 5.74) is -1.02. The number of aromatic nitrogens is 1. The summed E-state index contributed by atoms with van der Waals surface area (Å²) in [5, 5.41) is 12.6. The van der Waals surface area contributed by atoms with Crippen LogP contribution in [-0.4, -0.2) is 27.5 Å². The Bertz CT molecular complexity index is 518. The molecule has 0 radical (unpaired) electrons. The molecule has 0 aliphatic heterocycles. The monoisotopic (exact) mass is 296 g/mol. The number of hydrogen-bond acceptors (Lipinski definition) is 3. The Morgan fingerprint density at radius 3 is 2.75 bits per heavy atom. The van der Waals surface area contributed by atoms with Crippen LogP contribution in [0.4, 0.5) is 0 Å². The maximum atomic E-state index is 12.2. The molecule has 0 bridgehead atoms. The quantitative estimate of drug-likeness (QED) is 0.898. The summed E-state index contributed by atoms with van der Waals surface area (Å²) in [5.74, 6) is -1.56. The molecule has 2 rings (SSSR count). The van der Waals surface area contributed by atoms with Crippen LogP contribution in [0.3, 0.4) is 0 Å². The van der Waals surface area contributed by atoms with Gasteiger partial charge in [0.2, 0.25) is 0 Å². The molecular weight excluding hydrogens is 280 g/mol. The van der Waals surface area contributed by atoms with Crippen LogP contribution < -0.4 is 5.32 Å². The molecule has 1 aromatic heterocycles. The number of amides is 1. The van der Waals surface area contributed by atoms with Gasteiger partial charge in [-0.1, -0.05) is 31.4 Å². The molecule has 1 saturated carbocycles. The number of carbonyl (C=O) groups is 2. The Labute approximate surface area is 122 Å². The van der Waals surface area contributed by atoms with E-state index < -0.39 is 17.4 Å². The second-order valence-electron chi connectivity index (χ2n) is 5.24. The molecule has 1 heterocycles. The lowest BCUT2D eigenvalue weighted by Crippen LogP contribution is -2.60. The van der Waals surface area contributed by atoms with Crippen LogP contribution >= 0.6 is 11.6 Å². The van der Waals surface area contributed by atoms with Crippen molar-refractivity contribution in [2.75, 3.05) is 0 Å². The third-order valence-corrected chi connectivity index (χ3v) is 4.20. The van der Waals surface area contributed by atoms with E-state index in [0.29, 0.717) is 11.4 Å². The summed E-state index contributed by atoms with van der Waals surface area (Å²) in [6, 6.07) is 3.04. The van der Waals surface area contributed by atoms with Crippen LogP contribution in [0.1, 0.15) is 43.1 Å². The normalized spacial score (nSPS) is 26.0. The first-order valence-corrected chi connectivity index (χ1v) is 7.01. The first kappa shape index (κ1) is 14.8. The van der Waals surface area contributed by atoms with Gasteiger partial charge < -0.3 is 10.4 Å². The maximum absolute atomic E-state index is 12.2. The van der Waals surface area contributed by atoms with E-state index in [1.165, 1.54) is 12.3 Å². The average molecular weight is 297 g/mol. The number of carboxylic acid groups (broad SMARTS) is 1. The molecule has 1 aliphatic carbocycles. The largest absolute Gasteiger partial charge is 0.479 e. The minimum absolute atomic E-state index is 0.106. The van der Waals surface area contributed by atoms with Crippen molar-refractivity contribution in [1.29, 1.82) is 0 Å². The number of nitrogens with zero attached hydrogens (tertiary/aromatic N) is 1. The molecule has 0 spiro atoms. The van der Waals surface area contributed by atoms with Crippen molar-refractivity contribution < 1.29 is 14.7 Å². The Hall–Kier alpha value is -1.62. The zero-order valence-corrected chi connectivity index (χ0v) is 12.0. The number of hydrogen-bond donors (Lipinski definition) is 2. The molecule has 1 fully saturated rings. The number of carboxylic acids is 1. The molecule has 2 N–H and O–H groups in total. The van der Waals surface area contributed by atoms with Gasteiger partial charge in [0.25, 0.3) is 5.91 Å². The molecule has 1 aliphatic rings. The van der Waals surface area contributed by atoms with Gasteiger partial charge in [0.05, 0.1) is 5.02 Å². The van der Waals surface area contributed by atoms with Crippen molar-refractivity contribution in [2.24, 2.45) is 5.92 Å². The molecule has 0 saturated heterocycles. The predicted octanol–water partition coefficient (Wildman–Crippen LogP) is 2.50. The third-order valence-electron chi connectivity index (χ3n) is 3.98. The number of pyridine rings is 1. The fraction of sp³-hybridized carbons (Fsp3) is 0.500. The van der Waals surface area contributed by atoms with Gasteiger partial charge in [-0.05, 0) is 30.9 Å². The number of halogens is 1. The molecule has 1 amide bonds. The van der Waals surface area contributed by atoms with Gasteiger partial charge in [0, 0.05) is 6.20 Å². The molecule has 2 atom stereocenters. The molecule has 6 heteroatoms. The van der Waals surface area contributed by atoms with E-state index in [1.807, 2.05) is 6.92 Å². The first-order chi connectivity index (χ1) is 9.45. The van der Waals surface area contributed by atoms with Gasteiger partial charge in [-0.25, -0.2) is 9.78 Å². The summed E-state index contributed by atoms with van der Waals surface area (Å²) in [6.45, 7) is 1.86. The van der Waals surface area contributed by atoms with Crippen molar-refractivity contribution >= 4 is 23.5 Å². The van der Waals surface area contributed by atoms with Gasteiger partial charge in [0.1, 0.15) is 11.2 Å². The minimum atomic E-state index is -1.20. The molecule has 0 aromatic carbocycles. The zero-order chi connectivity index (χ0) is 14.8. The van der Waals surface area contributed by atoms with Crippen LogP contribution in [0, 0.1) is 5.92 Å². The van der Waals surface area contributed by atoms with Crippen LogP contribution in [0.15, 0.2) is 18.3 Å². The average Bonchev–Trinajstić information content (AvgIpc) is 2.42. The van der Waals surface area contributed by atoms with Crippen molar-refractivity contribution in [3.8, 4) is 0 Å². The minimum Gasteiger partial charge on any atom is -0.479 e. The highest BCUT2D eigenvalue weighted by Crippen LogP contribution is 2.34. The first-order valence-electron chi connectivity index (χ1n) is 6.63. The maximum Gasteiger partial charge on any atom is 0.329 e. The topological polar surface area (TPSA) is 79.3 Å². The Morgan fingerprint density at radius 2 is 2.20 bits per heavy atom. The lowest BCUT2D eigenvalue weighted by Gasteiger charge is -2.39. The summed E-state index contributed by atoms with van der Waals surface area (Å²) >= 11 is 5.72. The lowest BCUT2D eigenvalue weighted by molar-refractivity contribution is -0.148. The smallest absolute Gasteiger partial charge is 0.329 e. The summed E-state index contributed by atoms with van der Waals surface area (Å²) in [4.78, 5) is 27.8. The molecule has 108 valence electrons. The lowest BCUT2D eigenvalue weighted by atomic mass is 9.73.